The monoisotopic (exact) mass is 335 g/mol. The molecular formula is C17H22FN3O3. The number of fused-ring (bicyclic) bond motifs is 1. The Bertz CT molecular complexity index is 648. The number of rotatable bonds is 7. The molecule has 1 atom stereocenters. The second-order valence-corrected chi connectivity index (χ2v) is 5.96. The maximum atomic E-state index is 14.4. The molecule has 6 nitrogen and oxygen atoms in total. The summed E-state index contributed by atoms with van der Waals surface area (Å²) in [5.41, 5.74) is 1.45. The van der Waals surface area contributed by atoms with Crippen LogP contribution in [0.4, 0.5) is 4.39 Å². The smallest absolute Gasteiger partial charge is 0.203 e. The number of hydrogen-bond acceptors (Lipinski definition) is 6. The van der Waals surface area contributed by atoms with Crippen molar-refractivity contribution in [3.63, 3.8) is 0 Å². The first-order valence-electron chi connectivity index (χ1n) is 7.78. The number of likely N-dealkylation sites (N-methyl/N-ethyl adjacent to an activating group) is 1. The maximum Gasteiger partial charge on any atom is 0.203 e. The summed E-state index contributed by atoms with van der Waals surface area (Å²) in [6.07, 6.45) is 1.72. The minimum absolute atomic E-state index is 0.0532. The van der Waals surface area contributed by atoms with E-state index in [2.05, 4.69) is 0 Å². The van der Waals surface area contributed by atoms with Gasteiger partial charge < -0.3 is 14.3 Å². The first kappa shape index (κ1) is 18.1. The molecule has 1 unspecified atom stereocenters. The summed E-state index contributed by atoms with van der Waals surface area (Å²) in [4.78, 5) is 12.8. The average molecular weight is 335 g/mol. The normalized spacial score (nSPS) is 14.0. The van der Waals surface area contributed by atoms with Gasteiger partial charge in [-0.2, -0.15) is 0 Å². The SMILES string of the molecule is CC(=N)OC(=N)CN(C)CC(CC=O)c1cc2c(cc1F)OCC2. The van der Waals surface area contributed by atoms with E-state index in [1.54, 1.807) is 18.0 Å². The summed E-state index contributed by atoms with van der Waals surface area (Å²) in [5.74, 6) is -0.226. The van der Waals surface area contributed by atoms with Gasteiger partial charge in [0.15, 0.2) is 5.90 Å². The van der Waals surface area contributed by atoms with E-state index in [0.29, 0.717) is 24.5 Å². The van der Waals surface area contributed by atoms with Crippen LogP contribution in [0.2, 0.25) is 0 Å². The summed E-state index contributed by atoms with van der Waals surface area (Å²) in [7, 11) is 1.77. The molecule has 1 aliphatic rings. The lowest BCUT2D eigenvalue weighted by Crippen LogP contribution is -2.32. The van der Waals surface area contributed by atoms with Gasteiger partial charge in [-0.25, -0.2) is 4.39 Å². The van der Waals surface area contributed by atoms with Crippen LogP contribution in [0.3, 0.4) is 0 Å². The molecule has 0 aliphatic carbocycles. The van der Waals surface area contributed by atoms with Crippen LogP contribution in [0.5, 0.6) is 5.75 Å². The molecule has 1 aromatic carbocycles. The van der Waals surface area contributed by atoms with Crippen molar-refractivity contribution < 1.29 is 18.7 Å². The van der Waals surface area contributed by atoms with E-state index in [9.17, 15) is 9.18 Å². The Labute approximate surface area is 140 Å². The van der Waals surface area contributed by atoms with Crippen LogP contribution in [0.25, 0.3) is 0 Å². The lowest BCUT2D eigenvalue weighted by atomic mass is 9.93. The van der Waals surface area contributed by atoms with E-state index in [-0.39, 0.29) is 36.5 Å². The molecule has 24 heavy (non-hydrogen) atoms. The van der Waals surface area contributed by atoms with Crippen LogP contribution in [0, 0.1) is 16.6 Å². The van der Waals surface area contributed by atoms with Crippen molar-refractivity contribution in [3.8, 4) is 5.75 Å². The summed E-state index contributed by atoms with van der Waals surface area (Å²) >= 11 is 0. The predicted octanol–water partition coefficient (Wildman–Crippen LogP) is 2.36. The van der Waals surface area contributed by atoms with Crippen molar-refractivity contribution in [2.24, 2.45) is 0 Å². The van der Waals surface area contributed by atoms with Crippen LogP contribution in [-0.4, -0.2) is 49.7 Å². The first-order chi connectivity index (χ1) is 11.4. The molecule has 0 saturated heterocycles. The Kier molecular flexibility index (Phi) is 6.03. The van der Waals surface area contributed by atoms with Crippen molar-refractivity contribution in [1.29, 1.82) is 10.8 Å². The van der Waals surface area contributed by atoms with Gasteiger partial charge in [-0.05, 0) is 24.2 Å². The minimum atomic E-state index is -0.377. The van der Waals surface area contributed by atoms with Crippen molar-refractivity contribution >= 4 is 18.1 Å². The Morgan fingerprint density at radius 2 is 2.25 bits per heavy atom. The number of aldehydes is 1. The van der Waals surface area contributed by atoms with Gasteiger partial charge in [0.1, 0.15) is 17.9 Å². The predicted molar refractivity (Wildman–Crippen MR) is 88.7 cm³/mol. The maximum absolute atomic E-state index is 14.4. The van der Waals surface area contributed by atoms with Crippen LogP contribution in [0.1, 0.15) is 30.4 Å². The molecule has 2 rings (SSSR count). The van der Waals surface area contributed by atoms with Gasteiger partial charge in [0.25, 0.3) is 0 Å². The van der Waals surface area contributed by atoms with E-state index >= 15 is 0 Å². The number of hydrogen-bond donors (Lipinski definition) is 2. The van der Waals surface area contributed by atoms with E-state index in [4.69, 9.17) is 20.3 Å². The number of benzene rings is 1. The Hall–Kier alpha value is -2.28. The Morgan fingerprint density at radius 1 is 1.50 bits per heavy atom. The fraction of sp³-hybridized carbons (Fsp3) is 0.471. The summed E-state index contributed by atoms with van der Waals surface area (Å²) in [6.45, 7) is 2.58. The van der Waals surface area contributed by atoms with Gasteiger partial charge in [-0.15, -0.1) is 0 Å². The van der Waals surface area contributed by atoms with Crippen LogP contribution in [-0.2, 0) is 16.0 Å². The molecule has 1 heterocycles. The second kappa shape index (κ2) is 8.01. The molecule has 0 bridgehead atoms. The number of carbonyl (C=O) groups is 1. The number of halogens is 1. The highest BCUT2D eigenvalue weighted by Gasteiger charge is 2.23. The van der Waals surface area contributed by atoms with Crippen LogP contribution in [0.15, 0.2) is 12.1 Å². The molecule has 0 fully saturated rings. The van der Waals surface area contributed by atoms with Gasteiger partial charge in [0.05, 0.1) is 13.2 Å². The molecule has 130 valence electrons. The van der Waals surface area contributed by atoms with E-state index in [0.717, 1.165) is 18.3 Å². The van der Waals surface area contributed by atoms with E-state index in [1.807, 2.05) is 0 Å². The van der Waals surface area contributed by atoms with Crippen molar-refractivity contribution in [3.05, 3.63) is 29.1 Å². The fourth-order valence-electron chi connectivity index (χ4n) is 2.85. The molecule has 2 N–H and O–H groups in total. The Balaban J connectivity index is 2.10. The third-order valence-corrected chi connectivity index (χ3v) is 3.85. The van der Waals surface area contributed by atoms with E-state index in [1.165, 1.54) is 13.0 Å². The zero-order valence-electron chi connectivity index (χ0n) is 13.9. The fourth-order valence-corrected chi connectivity index (χ4v) is 2.85. The van der Waals surface area contributed by atoms with Crippen LogP contribution < -0.4 is 4.74 Å². The van der Waals surface area contributed by atoms with Crippen molar-refractivity contribution in [1.82, 2.24) is 4.90 Å². The third-order valence-electron chi connectivity index (χ3n) is 3.85. The van der Waals surface area contributed by atoms with Gasteiger partial charge in [-0.1, -0.05) is 0 Å². The van der Waals surface area contributed by atoms with Crippen molar-refractivity contribution in [2.45, 2.75) is 25.7 Å². The highest BCUT2D eigenvalue weighted by molar-refractivity contribution is 5.88. The summed E-state index contributed by atoms with van der Waals surface area (Å²) < 4.78 is 24.7. The van der Waals surface area contributed by atoms with Gasteiger partial charge in [0, 0.05) is 38.3 Å². The zero-order chi connectivity index (χ0) is 17.7. The summed E-state index contributed by atoms with van der Waals surface area (Å²) in [6, 6.07) is 3.17. The number of ether oxygens (including phenoxy) is 2. The number of nitrogens with zero attached hydrogens (tertiary/aromatic N) is 1. The van der Waals surface area contributed by atoms with Gasteiger partial charge in [0.2, 0.25) is 5.90 Å². The highest BCUT2D eigenvalue weighted by Crippen LogP contribution is 2.32. The lowest BCUT2D eigenvalue weighted by molar-refractivity contribution is -0.108. The molecule has 0 aromatic heterocycles. The standard InChI is InChI=1S/C17H22FN3O3/c1-11(19)24-17(20)10-21(2)9-13(3-5-22)14-7-12-4-6-23-16(12)8-15(14)18/h5,7-8,13,19-20H,3-4,6,9-10H2,1-2H3. The van der Waals surface area contributed by atoms with Gasteiger partial charge >= 0.3 is 0 Å². The zero-order valence-corrected chi connectivity index (χ0v) is 13.9. The lowest BCUT2D eigenvalue weighted by Gasteiger charge is -2.24. The molecule has 0 radical (unpaired) electrons. The molecule has 7 heteroatoms. The molecule has 1 aromatic rings. The second-order valence-electron chi connectivity index (χ2n) is 5.96. The topological polar surface area (TPSA) is 86.5 Å². The molecule has 0 saturated carbocycles. The summed E-state index contributed by atoms with van der Waals surface area (Å²) in [5, 5.41) is 14.9. The average Bonchev–Trinajstić information content (AvgIpc) is 2.91. The largest absolute Gasteiger partial charge is 0.493 e. The third kappa shape index (κ3) is 4.61. The number of carbonyl (C=O) groups excluding carboxylic acids is 1. The first-order valence-corrected chi connectivity index (χ1v) is 7.78. The highest BCUT2D eigenvalue weighted by atomic mass is 19.1. The molecule has 1 aliphatic heterocycles. The Morgan fingerprint density at radius 3 is 2.92 bits per heavy atom. The molecule has 0 amide bonds. The van der Waals surface area contributed by atoms with Crippen LogP contribution >= 0.6 is 0 Å². The number of nitrogens with one attached hydrogen (secondary N) is 2. The molecule has 0 spiro atoms. The van der Waals surface area contributed by atoms with Gasteiger partial charge in [-0.3, -0.25) is 15.7 Å². The van der Waals surface area contributed by atoms with E-state index < -0.39 is 0 Å². The quantitative estimate of drug-likeness (QED) is 0.455. The van der Waals surface area contributed by atoms with Crippen molar-refractivity contribution in [2.75, 3.05) is 26.7 Å². The minimum Gasteiger partial charge on any atom is -0.493 e. The molecular weight excluding hydrogens is 313 g/mol.